The predicted octanol–water partition coefficient (Wildman–Crippen LogP) is 4.32. The Morgan fingerprint density at radius 1 is 1.03 bits per heavy atom. The van der Waals surface area contributed by atoms with Gasteiger partial charge in [-0.2, -0.15) is 0 Å². The Bertz CT molecular complexity index is 1250. The van der Waals surface area contributed by atoms with Gasteiger partial charge in [0.2, 0.25) is 0 Å². The monoisotopic (exact) mass is 427 g/mol. The molecule has 6 heteroatoms. The summed E-state index contributed by atoms with van der Waals surface area (Å²) in [5.74, 6) is -0.415. The molecule has 0 bridgehead atoms. The quantitative estimate of drug-likeness (QED) is 0.367. The first-order chi connectivity index (χ1) is 15.6. The fraction of sp³-hybridized carbons (Fsp3) is 0.231. The molecule has 0 aliphatic carbocycles. The van der Waals surface area contributed by atoms with Crippen molar-refractivity contribution in [2.75, 3.05) is 0 Å². The molecule has 0 amide bonds. The minimum absolute atomic E-state index is 0.0532. The van der Waals surface area contributed by atoms with Gasteiger partial charge in [0.1, 0.15) is 5.82 Å². The molecule has 0 spiro atoms. The van der Waals surface area contributed by atoms with E-state index in [1.807, 2.05) is 42.5 Å². The van der Waals surface area contributed by atoms with Crippen molar-refractivity contribution in [2.24, 2.45) is 0 Å². The Labute approximate surface area is 186 Å². The molecule has 3 atom stereocenters. The number of fused-ring (bicyclic) bond motifs is 1. The third-order valence-corrected chi connectivity index (χ3v) is 6.24. The molecule has 1 aliphatic heterocycles. The lowest BCUT2D eigenvalue weighted by Gasteiger charge is -2.20. The van der Waals surface area contributed by atoms with Gasteiger partial charge in [-0.25, -0.2) is 9.78 Å². The smallest absolute Gasteiger partial charge is 0.336 e. The van der Waals surface area contributed by atoms with Crippen LogP contribution in [0.5, 0.6) is 0 Å². The number of benzene rings is 3. The molecule has 0 radical (unpaired) electrons. The lowest BCUT2D eigenvalue weighted by Crippen LogP contribution is -2.35. The molecule has 0 saturated carbocycles. The molecule has 6 nitrogen and oxygen atoms in total. The molecule has 3 aromatic carbocycles. The standard InChI is InChI=1S/C26H25N3O3/c30-24(17-6-2-1-3-7-17)22-13-11-18(27-22)14-16-10-12-21-23(15-16)29-25(28-21)19-8-4-5-9-20(19)26(31)32/h1-10,12,15,18,22,24,27,30H,11,13-14H2,(H,28,29)(H,31,32)/t18?,22-,24-/m1/s1. The van der Waals surface area contributed by atoms with Crippen molar-refractivity contribution in [3.63, 3.8) is 0 Å². The molecule has 2 heterocycles. The first-order valence-corrected chi connectivity index (χ1v) is 10.9. The lowest BCUT2D eigenvalue weighted by molar-refractivity contribution is 0.0697. The van der Waals surface area contributed by atoms with Crippen LogP contribution in [0.25, 0.3) is 22.4 Å². The van der Waals surface area contributed by atoms with E-state index >= 15 is 0 Å². The highest BCUT2D eigenvalue weighted by atomic mass is 16.4. The van der Waals surface area contributed by atoms with Crippen molar-refractivity contribution < 1.29 is 15.0 Å². The number of carboxylic acids is 1. The zero-order valence-corrected chi connectivity index (χ0v) is 17.5. The number of aromatic nitrogens is 2. The molecule has 162 valence electrons. The third kappa shape index (κ3) is 4.02. The van der Waals surface area contributed by atoms with Crippen LogP contribution in [-0.2, 0) is 6.42 Å². The number of aromatic amines is 1. The lowest BCUT2D eigenvalue weighted by atomic mass is 10.0. The number of carboxylic acid groups (broad SMARTS) is 1. The van der Waals surface area contributed by atoms with Gasteiger partial charge in [-0.05, 0) is 48.6 Å². The van der Waals surface area contributed by atoms with E-state index in [2.05, 4.69) is 27.4 Å². The third-order valence-electron chi connectivity index (χ3n) is 6.24. The summed E-state index contributed by atoms with van der Waals surface area (Å²) in [5, 5.41) is 23.8. The Morgan fingerprint density at radius 3 is 2.62 bits per heavy atom. The Kier molecular flexibility index (Phi) is 5.47. The van der Waals surface area contributed by atoms with E-state index in [4.69, 9.17) is 0 Å². The van der Waals surface area contributed by atoms with Crippen LogP contribution in [0.1, 0.15) is 40.4 Å². The molecular formula is C26H25N3O3. The van der Waals surface area contributed by atoms with Gasteiger partial charge in [0, 0.05) is 17.6 Å². The Balaban J connectivity index is 1.32. The van der Waals surface area contributed by atoms with E-state index in [0.717, 1.165) is 35.9 Å². The molecule has 32 heavy (non-hydrogen) atoms. The number of hydrogen-bond donors (Lipinski definition) is 4. The summed E-state index contributed by atoms with van der Waals surface area (Å²) in [5.41, 5.74) is 4.61. The number of rotatable bonds is 6. The van der Waals surface area contributed by atoms with E-state index in [-0.39, 0.29) is 11.6 Å². The summed E-state index contributed by atoms with van der Waals surface area (Å²) in [6.45, 7) is 0. The van der Waals surface area contributed by atoms with Crippen molar-refractivity contribution in [3.05, 3.63) is 89.5 Å². The van der Waals surface area contributed by atoms with Gasteiger partial charge in [0.15, 0.2) is 0 Å². The van der Waals surface area contributed by atoms with Gasteiger partial charge in [-0.15, -0.1) is 0 Å². The van der Waals surface area contributed by atoms with Gasteiger partial charge < -0.3 is 20.5 Å². The molecule has 4 aromatic rings. The van der Waals surface area contributed by atoms with Crippen molar-refractivity contribution in [1.82, 2.24) is 15.3 Å². The number of carbonyl (C=O) groups is 1. The fourth-order valence-electron chi connectivity index (χ4n) is 4.61. The van der Waals surface area contributed by atoms with E-state index in [9.17, 15) is 15.0 Å². The van der Waals surface area contributed by atoms with Gasteiger partial charge in [0.25, 0.3) is 0 Å². The molecular weight excluding hydrogens is 402 g/mol. The van der Waals surface area contributed by atoms with Crippen molar-refractivity contribution in [1.29, 1.82) is 0 Å². The van der Waals surface area contributed by atoms with E-state index in [1.165, 1.54) is 5.56 Å². The summed E-state index contributed by atoms with van der Waals surface area (Å²) < 4.78 is 0. The van der Waals surface area contributed by atoms with Crippen LogP contribution in [0.4, 0.5) is 0 Å². The highest BCUT2D eigenvalue weighted by Gasteiger charge is 2.30. The largest absolute Gasteiger partial charge is 0.478 e. The first kappa shape index (κ1) is 20.4. The highest BCUT2D eigenvalue weighted by Crippen LogP contribution is 2.28. The average Bonchev–Trinajstić information content (AvgIpc) is 3.46. The maximum Gasteiger partial charge on any atom is 0.336 e. The van der Waals surface area contributed by atoms with Crippen LogP contribution in [0.3, 0.4) is 0 Å². The van der Waals surface area contributed by atoms with Crippen LogP contribution in [0, 0.1) is 0 Å². The number of H-pyrrole nitrogens is 1. The van der Waals surface area contributed by atoms with Gasteiger partial charge in [0.05, 0.1) is 22.7 Å². The van der Waals surface area contributed by atoms with Crippen LogP contribution in [0.15, 0.2) is 72.8 Å². The summed E-state index contributed by atoms with van der Waals surface area (Å²) in [7, 11) is 0. The molecule has 1 unspecified atom stereocenters. The molecule has 1 aliphatic rings. The minimum Gasteiger partial charge on any atom is -0.478 e. The normalized spacial score (nSPS) is 19.3. The van der Waals surface area contributed by atoms with Crippen molar-refractivity contribution >= 4 is 17.0 Å². The van der Waals surface area contributed by atoms with Crippen LogP contribution >= 0.6 is 0 Å². The van der Waals surface area contributed by atoms with Crippen LogP contribution in [-0.4, -0.2) is 38.2 Å². The maximum atomic E-state index is 11.6. The second-order valence-corrected chi connectivity index (χ2v) is 8.39. The topological polar surface area (TPSA) is 98.2 Å². The van der Waals surface area contributed by atoms with Crippen molar-refractivity contribution in [3.8, 4) is 11.4 Å². The second-order valence-electron chi connectivity index (χ2n) is 8.39. The SMILES string of the molecule is O=C(O)c1ccccc1-c1nc2ccc(CC3CC[C@H]([C@H](O)c4ccccc4)N3)cc2[nH]1. The Morgan fingerprint density at radius 2 is 1.81 bits per heavy atom. The zero-order chi connectivity index (χ0) is 22.1. The van der Waals surface area contributed by atoms with E-state index in [1.54, 1.807) is 18.2 Å². The van der Waals surface area contributed by atoms with Gasteiger partial charge >= 0.3 is 5.97 Å². The number of aromatic carboxylic acids is 1. The van der Waals surface area contributed by atoms with E-state index < -0.39 is 12.1 Å². The molecule has 1 aromatic heterocycles. The number of nitrogens with one attached hydrogen (secondary N) is 2. The number of imidazole rings is 1. The Hall–Kier alpha value is -3.48. The van der Waals surface area contributed by atoms with Crippen LogP contribution in [0.2, 0.25) is 0 Å². The number of nitrogens with zero attached hydrogens (tertiary/aromatic N) is 1. The summed E-state index contributed by atoms with van der Waals surface area (Å²) >= 11 is 0. The van der Waals surface area contributed by atoms with Crippen molar-refractivity contribution in [2.45, 2.75) is 37.5 Å². The fourth-order valence-corrected chi connectivity index (χ4v) is 4.61. The molecule has 4 N–H and O–H groups in total. The number of hydrogen-bond acceptors (Lipinski definition) is 4. The number of aliphatic hydroxyl groups is 1. The average molecular weight is 428 g/mol. The summed E-state index contributed by atoms with van der Waals surface area (Å²) in [6.07, 6.45) is 2.29. The van der Waals surface area contributed by atoms with Gasteiger partial charge in [-0.1, -0.05) is 54.6 Å². The number of aliphatic hydroxyl groups excluding tert-OH is 1. The summed E-state index contributed by atoms with van der Waals surface area (Å²) in [6, 6.07) is 23.1. The van der Waals surface area contributed by atoms with Gasteiger partial charge in [-0.3, -0.25) is 0 Å². The zero-order valence-electron chi connectivity index (χ0n) is 17.5. The highest BCUT2D eigenvalue weighted by molar-refractivity contribution is 5.96. The van der Waals surface area contributed by atoms with E-state index in [0.29, 0.717) is 17.4 Å². The predicted molar refractivity (Wildman–Crippen MR) is 124 cm³/mol. The molecule has 5 rings (SSSR count). The van der Waals surface area contributed by atoms with Crippen LogP contribution < -0.4 is 5.32 Å². The minimum atomic E-state index is -0.971. The molecule has 1 saturated heterocycles. The summed E-state index contributed by atoms with van der Waals surface area (Å²) in [4.78, 5) is 19.4. The first-order valence-electron chi connectivity index (χ1n) is 10.9. The maximum absolute atomic E-state index is 11.6. The molecule has 1 fully saturated rings. The second kappa shape index (κ2) is 8.57.